The molecule has 10 heavy (non-hydrogen) atoms. The fraction of sp³-hybridized carbons (Fsp3) is 0.500. The van der Waals surface area contributed by atoms with Crippen molar-refractivity contribution >= 4 is 17.3 Å². The summed E-state index contributed by atoms with van der Waals surface area (Å²) in [5, 5.41) is 0. The molecule has 0 aromatic rings. The van der Waals surface area contributed by atoms with E-state index < -0.39 is 17.3 Å². The Labute approximate surface area is 163 Å². The third kappa shape index (κ3) is 22.5. The first-order valence-electron chi connectivity index (χ1n) is 1.42. The second-order valence-corrected chi connectivity index (χ2v) is 1.39. The number of carbonyl (C=O) groups is 1. The molecule has 0 rings (SSSR count). The molecule has 8 heteroatoms. The Bertz CT molecular complexity index is 105. The molecular formula is C2H6K2O4SZn. The molecule has 1 N–H and O–H groups in total. The van der Waals surface area contributed by atoms with Crippen LogP contribution >= 0.6 is 0 Å². The van der Waals surface area contributed by atoms with Gasteiger partial charge in [-0.1, -0.05) is 0 Å². The van der Waals surface area contributed by atoms with Gasteiger partial charge in [-0.15, -0.1) is 0 Å². The molecule has 0 aliphatic rings. The van der Waals surface area contributed by atoms with E-state index in [2.05, 4.69) is 4.18 Å². The van der Waals surface area contributed by atoms with Gasteiger partial charge in [-0.05, 0) is 0 Å². The van der Waals surface area contributed by atoms with Crippen molar-refractivity contribution < 1.29 is 143 Å². The van der Waals surface area contributed by atoms with Crippen LogP contribution in [-0.2, 0) is 39.8 Å². The van der Waals surface area contributed by atoms with Crippen molar-refractivity contribution in [2.75, 3.05) is 0 Å². The van der Waals surface area contributed by atoms with Crippen molar-refractivity contribution in [3.05, 3.63) is 0 Å². The Morgan fingerprint density at radius 2 is 1.90 bits per heavy atom. The Balaban J connectivity index is -0.0000000180. The molecule has 0 aromatic heterocycles. The molecule has 1 atom stereocenters. The first-order valence-corrected chi connectivity index (χ1v) is 2.46. The van der Waals surface area contributed by atoms with Crippen molar-refractivity contribution in [1.29, 1.82) is 0 Å². The number of rotatable bonds is 1. The molecule has 0 saturated heterocycles. The standard InChI is InChI=1S/C2H4O4S.2K.Zn.2H/c1-2(3)6-7(4)5;;;;;/h1H3,(H,4,5);;;;;/q;2*+1;;2*-1. The molecule has 0 saturated carbocycles. The van der Waals surface area contributed by atoms with E-state index in [0.717, 1.165) is 6.92 Å². The summed E-state index contributed by atoms with van der Waals surface area (Å²) < 4.78 is 20.9. The van der Waals surface area contributed by atoms with Gasteiger partial charge in [0.15, 0.2) is 0 Å². The Kier molecular flexibility index (Phi) is 35.0. The normalized spacial score (nSPS) is 9.00. The van der Waals surface area contributed by atoms with Gasteiger partial charge in [0.2, 0.25) is 0 Å². The largest absolute Gasteiger partial charge is 1.00 e. The molecule has 0 aliphatic carbocycles. The van der Waals surface area contributed by atoms with Gasteiger partial charge in [0.05, 0.1) is 0 Å². The first kappa shape index (κ1) is 23.4. The van der Waals surface area contributed by atoms with Crippen molar-refractivity contribution in [3.8, 4) is 0 Å². The van der Waals surface area contributed by atoms with Gasteiger partial charge in [-0.2, -0.15) is 4.21 Å². The van der Waals surface area contributed by atoms with Crippen molar-refractivity contribution in [1.82, 2.24) is 0 Å². The van der Waals surface area contributed by atoms with E-state index in [4.69, 9.17) is 4.55 Å². The van der Waals surface area contributed by atoms with Crippen molar-refractivity contribution in [2.45, 2.75) is 6.92 Å². The SMILES string of the molecule is CC(=O)OS(=O)O.[H-].[H-].[K+].[K+].[Zn]. The van der Waals surface area contributed by atoms with E-state index in [0.29, 0.717) is 0 Å². The monoisotopic (exact) mass is 268 g/mol. The van der Waals surface area contributed by atoms with Crippen LogP contribution in [0.1, 0.15) is 9.78 Å². The third-order valence-electron chi connectivity index (χ3n) is 0.189. The summed E-state index contributed by atoms with van der Waals surface area (Å²) in [6.45, 7) is 1.05. The Morgan fingerprint density at radius 1 is 1.60 bits per heavy atom. The minimum atomic E-state index is -2.45. The second kappa shape index (κ2) is 15.0. The van der Waals surface area contributed by atoms with E-state index in [-0.39, 0.29) is 125 Å². The minimum absolute atomic E-state index is 0. The molecule has 0 radical (unpaired) electrons. The van der Waals surface area contributed by atoms with Crippen LogP contribution in [0.15, 0.2) is 0 Å². The summed E-state index contributed by atoms with van der Waals surface area (Å²) in [7, 11) is 0. The molecule has 4 nitrogen and oxygen atoms in total. The average Bonchev–Trinajstić information content (AvgIpc) is 1.27. The second-order valence-electron chi connectivity index (χ2n) is 0.792. The zero-order valence-corrected chi connectivity index (χ0v) is 16.3. The predicted molar refractivity (Wildman–Crippen MR) is 24.8 cm³/mol. The molecule has 0 spiro atoms. The molecule has 0 heterocycles. The van der Waals surface area contributed by atoms with Crippen LogP contribution < -0.4 is 103 Å². The summed E-state index contributed by atoms with van der Waals surface area (Å²) in [4.78, 5) is 9.68. The molecule has 0 fully saturated rings. The van der Waals surface area contributed by atoms with E-state index in [1.54, 1.807) is 0 Å². The van der Waals surface area contributed by atoms with Crippen LogP contribution in [0, 0.1) is 0 Å². The van der Waals surface area contributed by atoms with Crippen LogP contribution in [0.25, 0.3) is 0 Å². The maximum Gasteiger partial charge on any atom is 1.00 e. The Hall–Kier alpha value is 3.48. The summed E-state index contributed by atoms with van der Waals surface area (Å²) in [5.41, 5.74) is 0. The smallest absolute Gasteiger partial charge is 1.00 e. The fourth-order valence-electron chi connectivity index (χ4n) is 0.100. The first-order chi connectivity index (χ1) is 3.13. The van der Waals surface area contributed by atoms with E-state index in [1.165, 1.54) is 0 Å². The van der Waals surface area contributed by atoms with Crippen LogP contribution in [0.5, 0.6) is 0 Å². The third-order valence-corrected chi connectivity index (χ3v) is 0.566. The molecule has 48 valence electrons. The quantitative estimate of drug-likeness (QED) is 0.380. The number of carbonyl (C=O) groups excluding carboxylic acids is 1. The zero-order valence-electron chi connectivity index (χ0n) is 8.29. The molecule has 0 bridgehead atoms. The topological polar surface area (TPSA) is 63.6 Å². The number of hydrogen-bond acceptors (Lipinski definition) is 3. The predicted octanol–water partition coefficient (Wildman–Crippen LogP) is -6.08. The Morgan fingerprint density at radius 3 is 1.90 bits per heavy atom. The number of hydrogen-bond donors (Lipinski definition) is 1. The molecular weight excluding hydrogens is 264 g/mol. The van der Waals surface area contributed by atoms with Gasteiger partial charge in [-0.25, -0.2) is 0 Å². The van der Waals surface area contributed by atoms with Crippen molar-refractivity contribution in [3.63, 3.8) is 0 Å². The van der Waals surface area contributed by atoms with Gasteiger partial charge >= 0.3 is 120 Å². The van der Waals surface area contributed by atoms with Crippen LogP contribution in [0.2, 0.25) is 0 Å². The van der Waals surface area contributed by atoms with Crippen LogP contribution in [0.3, 0.4) is 0 Å². The van der Waals surface area contributed by atoms with E-state index in [9.17, 15) is 9.00 Å². The molecule has 1 unspecified atom stereocenters. The minimum Gasteiger partial charge on any atom is -1.00 e. The molecule has 0 aliphatic heterocycles. The van der Waals surface area contributed by atoms with Gasteiger partial charge in [0.1, 0.15) is 0 Å². The van der Waals surface area contributed by atoms with Gasteiger partial charge in [0.25, 0.3) is 0 Å². The summed E-state index contributed by atoms with van der Waals surface area (Å²) >= 11 is -2.45. The molecule has 0 aromatic carbocycles. The van der Waals surface area contributed by atoms with E-state index in [1.807, 2.05) is 0 Å². The summed E-state index contributed by atoms with van der Waals surface area (Å²) in [6, 6.07) is 0. The zero-order chi connectivity index (χ0) is 5.86. The van der Waals surface area contributed by atoms with Gasteiger partial charge in [-0.3, -0.25) is 9.35 Å². The fourth-order valence-corrected chi connectivity index (χ4v) is 0.301. The maximum absolute atomic E-state index is 9.68. The average molecular weight is 270 g/mol. The van der Waals surface area contributed by atoms with E-state index >= 15 is 0 Å². The maximum atomic E-state index is 9.68. The summed E-state index contributed by atoms with van der Waals surface area (Å²) in [5.74, 6) is -0.763. The van der Waals surface area contributed by atoms with Crippen LogP contribution in [0.4, 0.5) is 0 Å². The van der Waals surface area contributed by atoms with Crippen molar-refractivity contribution in [2.24, 2.45) is 0 Å². The van der Waals surface area contributed by atoms with Gasteiger partial charge < -0.3 is 7.04 Å². The summed E-state index contributed by atoms with van der Waals surface area (Å²) in [6.07, 6.45) is 0. The van der Waals surface area contributed by atoms with Gasteiger partial charge in [0, 0.05) is 26.4 Å². The van der Waals surface area contributed by atoms with Crippen LogP contribution in [-0.4, -0.2) is 14.7 Å². The molecule has 0 amide bonds.